The van der Waals surface area contributed by atoms with Crippen LogP contribution in [0.1, 0.15) is 25.6 Å². The minimum absolute atomic E-state index is 0.0479. The fraction of sp³-hybridized carbons (Fsp3) is 0.636. The Morgan fingerprint density at radius 3 is 2.80 bits per heavy atom. The van der Waals surface area contributed by atoms with Gasteiger partial charge in [0.25, 0.3) is 10.0 Å². The van der Waals surface area contributed by atoms with Gasteiger partial charge in [-0.05, 0) is 32.6 Å². The molecule has 1 aromatic rings. The van der Waals surface area contributed by atoms with Crippen LogP contribution in [-0.4, -0.2) is 35.1 Å². The van der Waals surface area contributed by atoms with Crippen molar-refractivity contribution in [2.24, 2.45) is 16.8 Å². The fourth-order valence-corrected chi connectivity index (χ4v) is 3.33. The molecular formula is C11H19N5O3S. The van der Waals surface area contributed by atoms with Gasteiger partial charge in [0.15, 0.2) is 10.9 Å². The molecule has 20 heavy (non-hydrogen) atoms. The zero-order valence-electron chi connectivity index (χ0n) is 11.4. The molecule has 1 heterocycles. The van der Waals surface area contributed by atoms with Crippen molar-refractivity contribution in [3.8, 4) is 0 Å². The van der Waals surface area contributed by atoms with Crippen molar-refractivity contribution >= 4 is 15.9 Å². The Morgan fingerprint density at radius 2 is 2.35 bits per heavy atom. The number of sulfonamides is 1. The van der Waals surface area contributed by atoms with Crippen LogP contribution < -0.4 is 10.5 Å². The van der Waals surface area contributed by atoms with Gasteiger partial charge in [0, 0.05) is 12.7 Å². The molecule has 0 amide bonds. The number of nitrogens with two attached hydrogens (primary N) is 1. The van der Waals surface area contributed by atoms with E-state index in [0.717, 1.165) is 12.8 Å². The molecule has 8 nitrogen and oxygen atoms in total. The molecule has 1 atom stereocenters. The second-order valence-electron chi connectivity index (χ2n) is 4.87. The number of aromatic nitrogens is 2. The second-order valence-corrected chi connectivity index (χ2v) is 6.53. The van der Waals surface area contributed by atoms with Crippen LogP contribution in [0.25, 0.3) is 0 Å². The van der Waals surface area contributed by atoms with Crippen LogP contribution >= 0.6 is 0 Å². The molecule has 112 valence electrons. The highest BCUT2D eigenvalue weighted by molar-refractivity contribution is 7.89. The van der Waals surface area contributed by atoms with Crippen molar-refractivity contribution in [3.05, 3.63) is 12.0 Å². The summed E-state index contributed by atoms with van der Waals surface area (Å²) in [5.41, 5.74) is 5.55. The summed E-state index contributed by atoms with van der Waals surface area (Å²) in [5.74, 6) is 0.581. The van der Waals surface area contributed by atoms with Gasteiger partial charge in [-0.15, -0.1) is 0 Å². The number of oxime groups is 1. The zero-order chi connectivity index (χ0) is 14.9. The van der Waals surface area contributed by atoms with E-state index in [-0.39, 0.29) is 16.8 Å². The minimum atomic E-state index is -3.79. The van der Waals surface area contributed by atoms with Crippen molar-refractivity contribution in [1.82, 2.24) is 14.3 Å². The van der Waals surface area contributed by atoms with Crippen LogP contribution in [0.4, 0.5) is 0 Å². The third-order valence-corrected chi connectivity index (χ3v) is 4.69. The summed E-state index contributed by atoms with van der Waals surface area (Å²) in [5, 5.41) is 11.6. The van der Waals surface area contributed by atoms with Crippen LogP contribution in [0.2, 0.25) is 0 Å². The van der Waals surface area contributed by atoms with Crippen LogP contribution in [0.5, 0.6) is 0 Å². The van der Waals surface area contributed by atoms with E-state index in [1.807, 2.05) is 6.92 Å². The van der Waals surface area contributed by atoms with E-state index in [1.54, 1.807) is 11.5 Å². The molecule has 0 spiro atoms. The molecule has 0 radical (unpaired) electrons. The summed E-state index contributed by atoms with van der Waals surface area (Å²) < 4.78 is 28.8. The van der Waals surface area contributed by atoms with Crippen molar-refractivity contribution < 1.29 is 13.6 Å². The van der Waals surface area contributed by atoms with Crippen molar-refractivity contribution in [2.75, 3.05) is 0 Å². The quantitative estimate of drug-likeness (QED) is 0.296. The third-order valence-electron chi connectivity index (χ3n) is 3.38. The highest BCUT2D eigenvalue weighted by Gasteiger charge is 2.37. The summed E-state index contributed by atoms with van der Waals surface area (Å²) in [7, 11) is -3.79. The Balaban J connectivity index is 2.25. The van der Waals surface area contributed by atoms with Gasteiger partial charge in [-0.2, -0.15) is 4.72 Å². The minimum Gasteiger partial charge on any atom is -0.409 e. The molecule has 4 N–H and O–H groups in total. The number of aryl methyl sites for hydroxylation is 2. The summed E-state index contributed by atoms with van der Waals surface area (Å²) in [4.78, 5) is 4.04. The average molecular weight is 301 g/mol. The maximum Gasteiger partial charge on any atom is 0.260 e. The second kappa shape index (κ2) is 5.41. The molecule has 1 aliphatic carbocycles. The van der Waals surface area contributed by atoms with Gasteiger partial charge in [0.1, 0.15) is 5.82 Å². The van der Waals surface area contributed by atoms with Crippen LogP contribution in [0.15, 0.2) is 16.4 Å². The first kappa shape index (κ1) is 14.8. The summed E-state index contributed by atoms with van der Waals surface area (Å²) >= 11 is 0. The zero-order valence-corrected chi connectivity index (χ0v) is 12.3. The van der Waals surface area contributed by atoms with Gasteiger partial charge < -0.3 is 15.5 Å². The number of nitrogens with zero attached hydrogens (tertiary/aromatic N) is 3. The Labute approximate surface area is 117 Å². The number of nitrogens with one attached hydrogen (secondary N) is 1. The Hall–Kier alpha value is -1.61. The first-order chi connectivity index (χ1) is 9.39. The van der Waals surface area contributed by atoms with Crippen LogP contribution in [0, 0.1) is 12.8 Å². The lowest BCUT2D eigenvalue weighted by Crippen LogP contribution is -2.46. The molecule has 1 saturated carbocycles. The standard InChI is InChI=1S/C11H19N5O3S/c1-3-16-6-9(13-7(16)2)20(18,19)15-10(8-4-5-8)11(12)14-17/h6,8,10,15,17H,3-5H2,1-2H3,(H2,12,14). The lowest BCUT2D eigenvalue weighted by Gasteiger charge is -2.15. The molecule has 1 aromatic heterocycles. The molecule has 9 heteroatoms. The molecule has 0 bridgehead atoms. The Bertz CT molecular complexity index is 618. The summed E-state index contributed by atoms with van der Waals surface area (Å²) in [6, 6.07) is -0.683. The lowest BCUT2D eigenvalue weighted by molar-refractivity contribution is 0.314. The van der Waals surface area contributed by atoms with E-state index in [9.17, 15) is 8.42 Å². The first-order valence-electron chi connectivity index (χ1n) is 6.42. The van der Waals surface area contributed by atoms with E-state index in [0.29, 0.717) is 12.4 Å². The van der Waals surface area contributed by atoms with Gasteiger partial charge >= 0.3 is 0 Å². The largest absolute Gasteiger partial charge is 0.409 e. The first-order valence-corrected chi connectivity index (χ1v) is 7.91. The molecule has 0 aliphatic heterocycles. The van der Waals surface area contributed by atoms with E-state index in [2.05, 4.69) is 14.9 Å². The van der Waals surface area contributed by atoms with Crippen molar-refractivity contribution in [2.45, 2.75) is 44.3 Å². The summed E-state index contributed by atoms with van der Waals surface area (Å²) in [6.45, 7) is 4.28. The van der Waals surface area contributed by atoms with E-state index in [4.69, 9.17) is 10.9 Å². The molecule has 1 aliphatic rings. The average Bonchev–Trinajstić information content (AvgIpc) is 3.17. The molecule has 2 rings (SSSR count). The Morgan fingerprint density at radius 1 is 1.70 bits per heavy atom. The molecule has 0 saturated heterocycles. The SMILES string of the molecule is CCn1cc(S(=O)(=O)NC(C(N)=NO)C2CC2)nc1C. The maximum absolute atomic E-state index is 12.3. The van der Waals surface area contributed by atoms with E-state index >= 15 is 0 Å². The smallest absolute Gasteiger partial charge is 0.260 e. The Kier molecular flexibility index (Phi) is 4.00. The normalized spacial score (nSPS) is 18.2. The molecule has 1 unspecified atom stereocenters. The summed E-state index contributed by atoms with van der Waals surface area (Å²) in [6.07, 6.45) is 3.19. The number of imidazole rings is 1. The van der Waals surface area contributed by atoms with Gasteiger partial charge in [0.2, 0.25) is 0 Å². The van der Waals surface area contributed by atoms with E-state index < -0.39 is 16.1 Å². The maximum atomic E-state index is 12.3. The number of hydrogen-bond acceptors (Lipinski definition) is 5. The predicted octanol–water partition coefficient (Wildman–Crippen LogP) is 0.0147. The van der Waals surface area contributed by atoms with Gasteiger partial charge in [-0.3, -0.25) is 0 Å². The lowest BCUT2D eigenvalue weighted by atomic mass is 10.2. The van der Waals surface area contributed by atoms with Gasteiger partial charge in [0.05, 0.1) is 6.04 Å². The number of amidine groups is 1. The van der Waals surface area contributed by atoms with Crippen molar-refractivity contribution in [1.29, 1.82) is 0 Å². The van der Waals surface area contributed by atoms with Crippen LogP contribution in [0.3, 0.4) is 0 Å². The monoisotopic (exact) mass is 301 g/mol. The van der Waals surface area contributed by atoms with Gasteiger partial charge in [-0.1, -0.05) is 5.16 Å². The number of rotatable bonds is 6. The van der Waals surface area contributed by atoms with Crippen LogP contribution in [-0.2, 0) is 16.6 Å². The third kappa shape index (κ3) is 2.93. The molecule has 1 fully saturated rings. The van der Waals surface area contributed by atoms with Crippen molar-refractivity contribution in [3.63, 3.8) is 0 Å². The van der Waals surface area contributed by atoms with Gasteiger partial charge in [-0.25, -0.2) is 13.4 Å². The molecule has 0 aromatic carbocycles. The molecular weight excluding hydrogens is 282 g/mol. The van der Waals surface area contributed by atoms with E-state index in [1.165, 1.54) is 6.20 Å². The fourth-order valence-electron chi connectivity index (χ4n) is 2.05. The highest BCUT2D eigenvalue weighted by atomic mass is 32.2. The highest BCUT2D eigenvalue weighted by Crippen LogP contribution is 2.33. The number of hydrogen-bond donors (Lipinski definition) is 3. The predicted molar refractivity (Wildman–Crippen MR) is 72.9 cm³/mol. The topological polar surface area (TPSA) is 123 Å².